The maximum absolute atomic E-state index is 12.0. The standard InChI is InChI=1S/C26H29N2O12S4.Y/c1-19-11-13-26(14-12-19)23-16-21(41-40-39-29)7-10-24(23)28(18-43(33,34)35)25(26)4-2-3-15-27(17-42(30,31)32)20-5-8-22(9-6-20)44(36,37)38;/h2-5,7-10,16,19,29H,11-14,17-18H2,1H3,(H,30,31,32)(H,33,34,35)(H,36,37,38);/q-1;/p-4. The van der Waals surface area contributed by atoms with Gasteiger partial charge in [0.2, 0.25) is 11.6 Å². The molecule has 0 atom stereocenters. The second kappa shape index (κ2) is 15.1. The first-order valence-corrected chi connectivity index (χ1v) is 18.1. The van der Waals surface area contributed by atoms with Gasteiger partial charge in [0.05, 0.1) is 33.5 Å². The van der Waals surface area contributed by atoms with Crippen LogP contribution < -0.4 is 10.2 Å². The van der Waals surface area contributed by atoms with Gasteiger partial charge in [-0.15, -0.1) is 6.20 Å². The summed E-state index contributed by atoms with van der Waals surface area (Å²) < 4.78 is 110. The summed E-state index contributed by atoms with van der Waals surface area (Å²) in [6.45, 7) is 2.09. The monoisotopic (exact) mass is 774 g/mol. The third-order valence-electron chi connectivity index (χ3n) is 7.34. The van der Waals surface area contributed by atoms with Crippen LogP contribution in [0.2, 0.25) is 0 Å². The van der Waals surface area contributed by atoms with E-state index in [1.165, 1.54) is 16.7 Å². The van der Waals surface area contributed by atoms with Gasteiger partial charge in [-0.3, -0.25) is 13.5 Å². The summed E-state index contributed by atoms with van der Waals surface area (Å²) in [5.41, 5.74) is 0.883. The summed E-state index contributed by atoms with van der Waals surface area (Å²) in [4.78, 5) is 0.741. The number of hydrogen-bond donors (Lipinski definition) is 0. The molecule has 0 N–H and O–H groups in total. The number of anilines is 1. The molecule has 243 valence electrons. The van der Waals surface area contributed by atoms with Crippen LogP contribution in [0.15, 0.2) is 64.4 Å². The van der Waals surface area contributed by atoms with E-state index >= 15 is 0 Å². The Morgan fingerprint density at radius 3 is 2.33 bits per heavy atom. The topological polar surface area (TPSA) is 219 Å². The van der Waals surface area contributed by atoms with Crippen LogP contribution in [-0.2, 0) is 77.9 Å². The summed E-state index contributed by atoms with van der Waals surface area (Å²) in [5.74, 6) is -1.59. The minimum absolute atomic E-state index is 0. The molecule has 0 unspecified atom stereocenters. The van der Waals surface area contributed by atoms with E-state index in [4.69, 9.17) is 0 Å². The third-order valence-corrected chi connectivity index (χ3v) is 9.89. The summed E-state index contributed by atoms with van der Waals surface area (Å²) >= 11 is 0.669. The molecular weight excluding hydrogens is 749 g/mol. The third kappa shape index (κ3) is 9.74. The first-order chi connectivity index (χ1) is 20.5. The summed E-state index contributed by atoms with van der Waals surface area (Å²) in [7, 11) is -14.4. The Balaban J connectivity index is 0.00000552. The van der Waals surface area contributed by atoms with E-state index in [2.05, 4.69) is 28.6 Å². The van der Waals surface area contributed by atoms with Crippen molar-refractivity contribution in [1.29, 1.82) is 0 Å². The van der Waals surface area contributed by atoms with Gasteiger partial charge in [-0.2, -0.15) is 38.9 Å². The molecule has 14 nitrogen and oxygen atoms in total. The van der Waals surface area contributed by atoms with Crippen molar-refractivity contribution in [1.82, 2.24) is 0 Å². The first kappa shape index (κ1) is 37.9. The molecule has 0 bridgehead atoms. The molecule has 1 aliphatic heterocycles. The first-order valence-electron chi connectivity index (χ1n) is 12.8. The molecule has 1 saturated carbocycles. The zero-order valence-electron chi connectivity index (χ0n) is 23.5. The Bertz CT molecular complexity index is 1800. The van der Waals surface area contributed by atoms with E-state index in [0.29, 0.717) is 47.1 Å². The van der Waals surface area contributed by atoms with Crippen LogP contribution in [0.5, 0.6) is 0 Å². The minimum Gasteiger partial charge on any atom is -0.754 e. The Labute approximate surface area is 291 Å². The fourth-order valence-electron chi connectivity index (χ4n) is 5.42. The van der Waals surface area contributed by atoms with Crippen molar-refractivity contribution in [2.45, 2.75) is 47.8 Å². The quantitative estimate of drug-likeness (QED) is 0.0437. The van der Waals surface area contributed by atoms with Crippen molar-refractivity contribution in [3.63, 3.8) is 0 Å². The number of benzene rings is 2. The maximum atomic E-state index is 12.0. The molecule has 2 aromatic rings. The molecule has 19 heteroatoms. The predicted octanol–water partition coefficient (Wildman–Crippen LogP) is 1.55. The van der Waals surface area contributed by atoms with Gasteiger partial charge in [0.15, 0.2) is 15.8 Å². The second-order valence-corrected chi connectivity index (χ2v) is 15.2. The van der Waals surface area contributed by atoms with Gasteiger partial charge in [-0.25, -0.2) is 29.0 Å². The Hall–Kier alpha value is -1.55. The van der Waals surface area contributed by atoms with Gasteiger partial charge in [-0.05, 0) is 49.8 Å². The van der Waals surface area contributed by atoms with Crippen molar-refractivity contribution < 1.29 is 90.8 Å². The molecule has 2 aromatic carbocycles. The van der Waals surface area contributed by atoms with Crippen LogP contribution in [-0.4, -0.2) is 61.0 Å². The normalized spacial score (nSPS) is 20.6. The van der Waals surface area contributed by atoms with Crippen LogP contribution in [0.1, 0.15) is 38.2 Å². The van der Waals surface area contributed by atoms with E-state index < -0.39 is 52.4 Å². The molecule has 0 amide bonds. The van der Waals surface area contributed by atoms with Crippen LogP contribution in [0.25, 0.3) is 0 Å². The van der Waals surface area contributed by atoms with Crippen LogP contribution in [0.4, 0.5) is 11.4 Å². The van der Waals surface area contributed by atoms with Crippen molar-refractivity contribution in [3.05, 3.63) is 72.5 Å². The zero-order chi connectivity index (χ0) is 32.3. The molecule has 1 radical (unpaired) electrons. The molecule has 4 rings (SSSR count). The fraction of sp³-hybridized carbons (Fsp3) is 0.346. The number of fused-ring (bicyclic) bond motifs is 2. The Morgan fingerprint density at radius 1 is 1.09 bits per heavy atom. The minimum atomic E-state index is -4.85. The maximum Gasteiger partial charge on any atom is 0.237 e. The van der Waals surface area contributed by atoms with Crippen molar-refractivity contribution >= 4 is 59.5 Å². The summed E-state index contributed by atoms with van der Waals surface area (Å²) in [6, 6.07) is 10.2. The van der Waals surface area contributed by atoms with Crippen molar-refractivity contribution in [2.24, 2.45) is 5.92 Å². The van der Waals surface area contributed by atoms with Gasteiger partial charge >= 0.3 is 0 Å². The Kier molecular flexibility index (Phi) is 12.7. The van der Waals surface area contributed by atoms with E-state index in [-0.39, 0.29) is 38.4 Å². The molecule has 0 aromatic heterocycles. The van der Waals surface area contributed by atoms with Crippen molar-refractivity contribution in [3.8, 4) is 0 Å². The van der Waals surface area contributed by atoms with E-state index in [0.717, 1.165) is 41.5 Å². The van der Waals surface area contributed by atoms with Gasteiger partial charge in [0.1, 0.15) is 10.1 Å². The predicted molar refractivity (Wildman–Crippen MR) is 151 cm³/mol. The molecule has 1 fully saturated rings. The molecular formula is C26H25N2O12S4Y-5. The van der Waals surface area contributed by atoms with Crippen LogP contribution in [0, 0.1) is 18.2 Å². The van der Waals surface area contributed by atoms with Crippen molar-refractivity contribution in [2.75, 3.05) is 16.7 Å². The molecule has 0 saturated heterocycles. The van der Waals surface area contributed by atoms with Gasteiger partial charge in [-0.1, -0.05) is 11.8 Å². The average Bonchev–Trinajstić information content (AvgIpc) is 3.16. The average molecular weight is 775 g/mol. The number of rotatable bonds is 12. The fourth-order valence-corrected chi connectivity index (χ4v) is 7.38. The molecule has 2 aliphatic rings. The van der Waals surface area contributed by atoms with E-state index in [1.54, 1.807) is 24.3 Å². The van der Waals surface area contributed by atoms with Crippen LogP contribution in [0.3, 0.4) is 0 Å². The second-order valence-electron chi connectivity index (χ2n) is 10.3. The van der Waals surface area contributed by atoms with Crippen LogP contribution >= 0.6 is 12.0 Å². The van der Waals surface area contributed by atoms with E-state index in [1.807, 2.05) is 0 Å². The van der Waals surface area contributed by atoms with Gasteiger partial charge in [0, 0.05) is 49.2 Å². The molecule has 1 aliphatic carbocycles. The molecule has 1 heterocycles. The smallest absolute Gasteiger partial charge is 0.237 e. The van der Waals surface area contributed by atoms with E-state index in [9.17, 15) is 44.2 Å². The van der Waals surface area contributed by atoms with Gasteiger partial charge < -0.3 is 23.8 Å². The number of hydrogen-bond acceptors (Lipinski definition) is 14. The SMILES string of the molecule is CC1CCC2(CC1)C(C=CC=[C-]N(CS(=O)(=O)[O-])c1[c-]cc(S(=O)(=O)[O-])cc1)=[N+](CS(=O)(=O)[O-])c1ccc(SOO[O-])cc12.[Y]. The molecule has 1 spiro atoms. The number of nitrogens with zero attached hydrogens (tertiary/aromatic N) is 2. The number of allylic oxidation sites excluding steroid dienone is 3. The Morgan fingerprint density at radius 2 is 1.78 bits per heavy atom. The summed E-state index contributed by atoms with van der Waals surface area (Å²) in [6.07, 6.45) is 9.61. The summed E-state index contributed by atoms with van der Waals surface area (Å²) in [5, 5.41) is 13.8. The largest absolute Gasteiger partial charge is 0.754 e. The van der Waals surface area contributed by atoms with Gasteiger partial charge in [0.25, 0.3) is 0 Å². The zero-order valence-corrected chi connectivity index (χ0v) is 29.6. The molecule has 45 heavy (non-hydrogen) atoms.